The van der Waals surface area contributed by atoms with Crippen LogP contribution >= 0.6 is 0 Å². The van der Waals surface area contributed by atoms with Gasteiger partial charge in [-0.25, -0.2) is 4.98 Å². The highest BCUT2D eigenvalue weighted by molar-refractivity contribution is 5.94. The number of rotatable bonds is 5. The molecule has 2 aliphatic heterocycles. The first-order valence-corrected chi connectivity index (χ1v) is 12.9. The standard InChI is InChI=1S/C30H36N4O/c1-21-7-14-30(31-19-21)32-28-17-22(2)34(23(3)35)29-13-12-26(18-27(28)29)25-10-8-24(9-11-25)20-33-15-5-4-6-16-33/h7-14,18-19,22,28H,4-6,15-17,20H2,1-3H3,(H,31,32)/t22-,28+/m1/s1. The molecule has 0 spiro atoms. The van der Waals surface area contributed by atoms with Crippen LogP contribution < -0.4 is 10.2 Å². The first kappa shape index (κ1) is 23.6. The Hall–Kier alpha value is -3.18. The molecule has 1 amide bonds. The monoisotopic (exact) mass is 468 g/mol. The van der Waals surface area contributed by atoms with Crippen LogP contribution in [0.25, 0.3) is 11.1 Å². The van der Waals surface area contributed by atoms with Crippen molar-refractivity contribution in [1.29, 1.82) is 0 Å². The number of likely N-dealkylation sites (tertiary alicyclic amines) is 1. The van der Waals surface area contributed by atoms with Gasteiger partial charge in [-0.3, -0.25) is 9.69 Å². The first-order chi connectivity index (χ1) is 17.0. The molecule has 3 heterocycles. The van der Waals surface area contributed by atoms with E-state index < -0.39 is 0 Å². The summed E-state index contributed by atoms with van der Waals surface area (Å²) in [5, 5.41) is 3.63. The van der Waals surface area contributed by atoms with Crippen LogP contribution in [-0.4, -0.2) is 34.9 Å². The Morgan fingerprint density at radius 1 is 1.00 bits per heavy atom. The predicted octanol–water partition coefficient (Wildman–Crippen LogP) is 6.34. The SMILES string of the molecule is CC(=O)N1c2ccc(-c3ccc(CN4CCCCC4)cc3)cc2[C@@H](Nc2ccc(C)cn2)C[C@H]1C. The summed E-state index contributed by atoms with van der Waals surface area (Å²) >= 11 is 0. The lowest BCUT2D eigenvalue weighted by Gasteiger charge is -2.39. The topological polar surface area (TPSA) is 48.5 Å². The van der Waals surface area contributed by atoms with Gasteiger partial charge in [0.15, 0.2) is 0 Å². The Labute approximate surface area is 209 Å². The van der Waals surface area contributed by atoms with E-state index in [2.05, 4.69) is 70.7 Å². The highest BCUT2D eigenvalue weighted by atomic mass is 16.2. The van der Waals surface area contributed by atoms with Crippen molar-refractivity contribution in [3.05, 3.63) is 77.5 Å². The van der Waals surface area contributed by atoms with E-state index in [1.165, 1.54) is 49.0 Å². The molecule has 1 N–H and O–H groups in total. The van der Waals surface area contributed by atoms with Crippen LogP contribution in [0.2, 0.25) is 0 Å². The second kappa shape index (κ2) is 10.2. The van der Waals surface area contributed by atoms with E-state index in [0.717, 1.165) is 35.6 Å². The average Bonchev–Trinajstić information content (AvgIpc) is 2.86. The van der Waals surface area contributed by atoms with Gasteiger partial charge in [0.05, 0.1) is 6.04 Å². The lowest BCUT2D eigenvalue weighted by atomic mass is 9.89. The number of fused-ring (bicyclic) bond motifs is 1. The van der Waals surface area contributed by atoms with Crippen molar-refractivity contribution in [1.82, 2.24) is 9.88 Å². The number of aromatic nitrogens is 1. The molecule has 0 unspecified atom stereocenters. The Morgan fingerprint density at radius 3 is 2.43 bits per heavy atom. The second-order valence-electron chi connectivity index (χ2n) is 10.2. The fourth-order valence-electron chi connectivity index (χ4n) is 5.57. The largest absolute Gasteiger partial charge is 0.363 e. The number of anilines is 2. The minimum Gasteiger partial charge on any atom is -0.363 e. The molecule has 35 heavy (non-hydrogen) atoms. The van der Waals surface area contributed by atoms with Gasteiger partial charge in [-0.1, -0.05) is 42.8 Å². The van der Waals surface area contributed by atoms with Crippen molar-refractivity contribution in [2.45, 2.75) is 65.1 Å². The number of carbonyl (C=O) groups excluding carboxylic acids is 1. The van der Waals surface area contributed by atoms with Crippen LogP contribution in [0.1, 0.15) is 62.3 Å². The molecule has 0 radical (unpaired) electrons. The summed E-state index contributed by atoms with van der Waals surface area (Å²) in [7, 11) is 0. The van der Waals surface area contributed by atoms with Crippen molar-refractivity contribution in [2.75, 3.05) is 23.3 Å². The van der Waals surface area contributed by atoms with Gasteiger partial charge in [-0.15, -0.1) is 0 Å². The molecule has 2 aromatic carbocycles. The number of piperidine rings is 1. The van der Waals surface area contributed by atoms with E-state index in [1.54, 1.807) is 6.92 Å². The number of hydrogen-bond acceptors (Lipinski definition) is 4. The smallest absolute Gasteiger partial charge is 0.224 e. The molecule has 1 fully saturated rings. The number of hydrogen-bond donors (Lipinski definition) is 1. The highest BCUT2D eigenvalue weighted by Crippen LogP contribution is 2.41. The molecule has 2 atom stereocenters. The Bertz CT molecular complexity index is 1170. The van der Waals surface area contributed by atoms with Gasteiger partial charge in [0.2, 0.25) is 5.91 Å². The number of pyridine rings is 1. The average molecular weight is 469 g/mol. The summed E-state index contributed by atoms with van der Waals surface area (Å²) in [4.78, 5) is 21.6. The summed E-state index contributed by atoms with van der Waals surface area (Å²) in [6.07, 6.45) is 6.72. The molecular weight excluding hydrogens is 432 g/mol. The van der Waals surface area contributed by atoms with Crippen molar-refractivity contribution in [3.8, 4) is 11.1 Å². The zero-order chi connectivity index (χ0) is 24.4. The molecule has 5 heteroatoms. The van der Waals surface area contributed by atoms with Crippen LogP contribution in [0, 0.1) is 6.92 Å². The molecule has 3 aromatic rings. The quantitative estimate of drug-likeness (QED) is 0.475. The third-order valence-corrected chi connectivity index (χ3v) is 7.39. The van der Waals surface area contributed by atoms with Gasteiger partial charge in [0, 0.05) is 31.4 Å². The fraction of sp³-hybridized carbons (Fsp3) is 0.400. The Kier molecular flexibility index (Phi) is 6.87. The maximum absolute atomic E-state index is 12.5. The van der Waals surface area contributed by atoms with E-state index in [9.17, 15) is 4.79 Å². The van der Waals surface area contributed by atoms with Crippen LogP contribution in [0.15, 0.2) is 60.8 Å². The summed E-state index contributed by atoms with van der Waals surface area (Å²) in [6, 6.07) is 19.8. The van der Waals surface area contributed by atoms with E-state index in [0.29, 0.717) is 0 Å². The van der Waals surface area contributed by atoms with E-state index in [-0.39, 0.29) is 18.0 Å². The Balaban J connectivity index is 1.43. The van der Waals surface area contributed by atoms with Crippen molar-refractivity contribution in [2.24, 2.45) is 0 Å². The molecule has 5 nitrogen and oxygen atoms in total. The van der Waals surface area contributed by atoms with Gasteiger partial charge < -0.3 is 10.2 Å². The lowest BCUT2D eigenvalue weighted by Crippen LogP contribution is -2.43. The summed E-state index contributed by atoms with van der Waals surface area (Å²) in [6.45, 7) is 9.28. The third-order valence-electron chi connectivity index (χ3n) is 7.39. The molecular formula is C30H36N4O. The predicted molar refractivity (Wildman–Crippen MR) is 144 cm³/mol. The molecule has 0 saturated carbocycles. The van der Waals surface area contributed by atoms with E-state index in [4.69, 9.17) is 0 Å². The summed E-state index contributed by atoms with van der Waals surface area (Å²) in [5.74, 6) is 0.947. The zero-order valence-electron chi connectivity index (χ0n) is 21.1. The third kappa shape index (κ3) is 5.25. The van der Waals surface area contributed by atoms with Crippen molar-refractivity contribution >= 4 is 17.4 Å². The van der Waals surface area contributed by atoms with Gasteiger partial charge in [-0.05, 0) is 92.2 Å². The molecule has 182 valence electrons. The molecule has 5 rings (SSSR count). The molecule has 1 saturated heterocycles. The Morgan fingerprint density at radius 2 is 1.74 bits per heavy atom. The number of aryl methyl sites for hydroxylation is 1. The maximum Gasteiger partial charge on any atom is 0.224 e. The van der Waals surface area contributed by atoms with E-state index in [1.807, 2.05) is 24.1 Å². The van der Waals surface area contributed by atoms with Gasteiger partial charge in [-0.2, -0.15) is 0 Å². The molecule has 2 aliphatic rings. The number of benzene rings is 2. The van der Waals surface area contributed by atoms with Crippen molar-refractivity contribution in [3.63, 3.8) is 0 Å². The van der Waals surface area contributed by atoms with E-state index >= 15 is 0 Å². The molecule has 1 aromatic heterocycles. The maximum atomic E-state index is 12.5. The zero-order valence-corrected chi connectivity index (χ0v) is 21.1. The number of carbonyl (C=O) groups is 1. The van der Waals surface area contributed by atoms with Crippen LogP contribution in [0.3, 0.4) is 0 Å². The summed E-state index contributed by atoms with van der Waals surface area (Å²) < 4.78 is 0. The normalized spacial score (nSPS) is 20.4. The molecule has 0 bridgehead atoms. The van der Waals surface area contributed by atoms with Crippen LogP contribution in [-0.2, 0) is 11.3 Å². The number of amides is 1. The lowest BCUT2D eigenvalue weighted by molar-refractivity contribution is -0.117. The van der Waals surface area contributed by atoms with Crippen LogP contribution in [0.4, 0.5) is 11.5 Å². The molecule has 0 aliphatic carbocycles. The highest BCUT2D eigenvalue weighted by Gasteiger charge is 2.32. The summed E-state index contributed by atoms with van der Waals surface area (Å²) in [5.41, 5.74) is 7.03. The van der Waals surface area contributed by atoms with Gasteiger partial charge in [0.1, 0.15) is 5.82 Å². The van der Waals surface area contributed by atoms with Gasteiger partial charge in [0.25, 0.3) is 0 Å². The first-order valence-electron chi connectivity index (χ1n) is 12.9. The number of nitrogens with zero attached hydrogens (tertiary/aromatic N) is 3. The minimum absolute atomic E-state index is 0.0838. The minimum atomic E-state index is 0.0838. The van der Waals surface area contributed by atoms with Gasteiger partial charge >= 0.3 is 0 Å². The fourth-order valence-corrected chi connectivity index (χ4v) is 5.57. The van der Waals surface area contributed by atoms with Crippen molar-refractivity contribution < 1.29 is 4.79 Å². The second-order valence-corrected chi connectivity index (χ2v) is 10.2. The van der Waals surface area contributed by atoms with Crippen LogP contribution in [0.5, 0.6) is 0 Å². The number of nitrogens with one attached hydrogen (secondary N) is 1.